The van der Waals surface area contributed by atoms with E-state index in [0.717, 1.165) is 31.5 Å². The number of carbonyl (C=O) groups excluding carboxylic acids is 2. The summed E-state index contributed by atoms with van der Waals surface area (Å²) in [6.07, 6.45) is 8.06. The fourth-order valence-electron chi connectivity index (χ4n) is 2.45. The van der Waals surface area contributed by atoms with E-state index in [1.165, 1.54) is 12.8 Å². The summed E-state index contributed by atoms with van der Waals surface area (Å²) in [5, 5.41) is 2.58. The summed E-state index contributed by atoms with van der Waals surface area (Å²) in [6.45, 7) is 1.72. The Bertz CT molecular complexity index is 512. The molecule has 0 unspecified atom stereocenters. The summed E-state index contributed by atoms with van der Waals surface area (Å²) in [5.74, 6) is -0.0292. The van der Waals surface area contributed by atoms with Gasteiger partial charge in [-0.1, -0.05) is 25.0 Å². The second-order valence-electron chi connectivity index (χ2n) is 5.27. The van der Waals surface area contributed by atoms with E-state index in [9.17, 15) is 9.59 Å². The van der Waals surface area contributed by atoms with Crippen LogP contribution in [0.25, 0.3) is 6.08 Å². The van der Waals surface area contributed by atoms with Crippen molar-refractivity contribution >= 4 is 17.9 Å². The highest BCUT2D eigenvalue weighted by atomic mass is 16.2. The molecular formula is C17H22N2O2. The molecule has 1 saturated heterocycles. The van der Waals surface area contributed by atoms with Crippen LogP contribution >= 0.6 is 0 Å². The molecule has 2 rings (SSSR count). The van der Waals surface area contributed by atoms with Crippen molar-refractivity contribution in [3.63, 3.8) is 0 Å². The monoisotopic (exact) mass is 286 g/mol. The molecule has 4 nitrogen and oxygen atoms in total. The zero-order valence-corrected chi connectivity index (χ0v) is 12.5. The molecule has 21 heavy (non-hydrogen) atoms. The highest BCUT2D eigenvalue weighted by molar-refractivity contribution is 5.94. The van der Waals surface area contributed by atoms with Crippen LogP contribution in [0.15, 0.2) is 30.3 Å². The Kier molecular flexibility index (Phi) is 5.55. The molecule has 0 radical (unpaired) electrons. The average molecular weight is 286 g/mol. The fraction of sp³-hybridized carbons (Fsp3) is 0.412. The van der Waals surface area contributed by atoms with Gasteiger partial charge in [0.05, 0.1) is 0 Å². The Balaban J connectivity index is 1.96. The summed E-state index contributed by atoms with van der Waals surface area (Å²) in [4.78, 5) is 25.5. The molecular weight excluding hydrogens is 264 g/mol. The second-order valence-corrected chi connectivity index (χ2v) is 5.27. The third-order valence-corrected chi connectivity index (χ3v) is 3.74. The van der Waals surface area contributed by atoms with Gasteiger partial charge in [-0.15, -0.1) is 0 Å². The van der Waals surface area contributed by atoms with E-state index >= 15 is 0 Å². The van der Waals surface area contributed by atoms with Crippen LogP contribution in [0.2, 0.25) is 0 Å². The van der Waals surface area contributed by atoms with Crippen LogP contribution in [0.4, 0.5) is 0 Å². The minimum absolute atomic E-state index is 0.0762. The first-order valence-electron chi connectivity index (χ1n) is 7.50. The number of benzene rings is 1. The maximum absolute atomic E-state index is 12.1. The van der Waals surface area contributed by atoms with Gasteiger partial charge in [0, 0.05) is 31.8 Å². The molecule has 1 aliphatic rings. The van der Waals surface area contributed by atoms with Gasteiger partial charge in [0.15, 0.2) is 0 Å². The van der Waals surface area contributed by atoms with Crippen molar-refractivity contribution in [1.29, 1.82) is 0 Å². The SMILES string of the molecule is CNC(=O)c1ccc(C=CC(=O)N2CCCCCC2)cc1. The molecule has 112 valence electrons. The zero-order chi connectivity index (χ0) is 15.1. The molecule has 1 aliphatic heterocycles. The molecule has 0 atom stereocenters. The number of carbonyl (C=O) groups is 2. The van der Waals surface area contributed by atoms with Crippen LogP contribution in [-0.2, 0) is 4.79 Å². The van der Waals surface area contributed by atoms with Crippen LogP contribution < -0.4 is 5.32 Å². The van der Waals surface area contributed by atoms with Gasteiger partial charge in [0.25, 0.3) is 5.91 Å². The molecule has 1 heterocycles. The Labute approximate surface area is 125 Å². The number of rotatable bonds is 3. The third-order valence-electron chi connectivity index (χ3n) is 3.74. The predicted octanol–water partition coefficient (Wildman–Crippen LogP) is 2.46. The fourth-order valence-corrected chi connectivity index (χ4v) is 2.45. The van der Waals surface area contributed by atoms with Gasteiger partial charge in [-0.25, -0.2) is 0 Å². The van der Waals surface area contributed by atoms with Crippen LogP contribution in [0.1, 0.15) is 41.6 Å². The molecule has 1 N–H and O–H groups in total. The highest BCUT2D eigenvalue weighted by Gasteiger charge is 2.12. The molecule has 0 aliphatic carbocycles. The van der Waals surface area contributed by atoms with Crippen LogP contribution in [0.5, 0.6) is 0 Å². The number of nitrogens with zero attached hydrogens (tertiary/aromatic N) is 1. The van der Waals surface area contributed by atoms with Crippen molar-refractivity contribution in [3.05, 3.63) is 41.5 Å². The van der Waals surface area contributed by atoms with Gasteiger partial charge in [0.1, 0.15) is 0 Å². The van der Waals surface area contributed by atoms with E-state index in [-0.39, 0.29) is 11.8 Å². The van der Waals surface area contributed by atoms with Crippen LogP contribution in [-0.4, -0.2) is 36.9 Å². The summed E-state index contributed by atoms with van der Waals surface area (Å²) in [7, 11) is 1.61. The average Bonchev–Trinajstić information content (AvgIpc) is 2.81. The Morgan fingerprint density at radius 3 is 2.24 bits per heavy atom. The van der Waals surface area contributed by atoms with Crippen molar-refractivity contribution < 1.29 is 9.59 Å². The summed E-state index contributed by atoms with van der Waals surface area (Å²) in [5.41, 5.74) is 1.54. The van der Waals surface area contributed by atoms with Gasteiger partial charge >= 0.3 is 0 Å². The van der Waals surface area contributed by atoms with Gasteiger partial charge in [-0.2, -0.15) is 0 Å². The van der Waals surface area contributed by atoms with Crippen molar-refractivity contribution in [2.24, 2.45) is 0 Å². The summed E-state index contributed by atoms with van der Waals surface area (Å²) < 4.78 is 0. The van der Waals surface area contributed by atoms with Crippen molar-refractivity contribution in [3.8, 4) is 0 Å². The minimum Gasteiger partial charge on any atom is -0.355 e. The van der Waals surface area contributed by atoms with E-state index in [4.69, 9.17) is 0 Å². The zero-order valence-electron chi connectivity index (χ0n) is 12.5. The normalized spacial score (nSPS) is 15.8. The second kappa shape index (κ2) is 7.62. The molecule has 2 amide bonds. The van der Waals surface area contributed by atoms with E-state index in [1.807, 2.05) is 17.0 Å². The van der Waals surface area contributed by atoms with E-state index in [2.05, 4.69) is 5.32 Å². The number of amides is 2. The lowest BCUT2D eigenvalue weighted by Crippen LogP contribution is -2.30. The van der Waals surface area contributed by atoms with Crippen molar-refractivity contribution in [2.45, 2.75) is 25.7 Å². The van der Waals surface area contributed by atoms with Crippen molar-refractivity contribution in [2.75, 3.05) is 20.1 Å². The lowest BCUT2D eigenvalue weighted by molar-refractivity contribution is -0.125. The first-order chi connectivity index (χ1) is 10.2. The lowest BCUT2D eigenvalue weighted by Gasteiger charge is -2.17. The summed E-state index contributed by atoms with van der Waals surface area (Å²) in [6, 6.07) is 7.21. The topological polar surface area (TPSA) is 49.4 Å². The Hall–Kier alpha value is -2.10. The molecule has 1 aromatic carbocycles. The molecule has 0 aromatic heterocycles. The standard InChI is InChI=1S/C17H22N2O2/c1-18-17(21)15-9-6-14(7-10-15)8-11-16(20)19-12-4-2-3-5-13-19/h6-11H,2-5,12-13H2,1H3,(H,18,21). The summed E-state index contributed by atoms with van der Waals surface area (Å²) >= 11 is 0. The largest absolute Gasteiger partial charge is 0.355 e. The lowest BCUT2D eigenvalue weighted by atomic mass is 10.1. The number of hydrogen-bond acceptors (Lipinski definition) is 2. The number of hydrogen-bond donors (Lipinski definition) is 1. The number of likely N-dealkylation sites (tertiary alicyclic amines) is 1. The smallest absolute Gasteiger partial charge is 0.251 e. The minimum atomic E-state index is -0.105. The first-order valence-corrected chi connectivity index (χ1v) is 7.50. The first kappa shape index (κ1) is 15.3. The third kappa shape index (κ3) is 4.45. The molecule has 0 spiro atoms. The van der Waals surface area contributed by atoms with Gasteiger partial charge < -0.3 is 10.2 Å². The van der Waals surface area contributed by atoms with Crippen LogP contribution in [0.3, 0.4) is 0 Å². The maximum Gasteiger partial charge on any atom is 0.251 e. The van der Waals surface area contributed by atoms with Crippen molar-refractivity contribution in [1.82, 2.24) is 10.2 Å². The van der Waals surface area contributed by atoms with E-state index < -0.39 is 0 Å². The molecule has 1 aromatic rings. The van der Waals surface area contributed by atoms with E-state index in [0.29, 0.717) is 5.56 Å². The quantitative estimate of drug-likeness (QED) is 0.868. The predicted molar refractivity (Wildman–Crippen MR) is 83.9 cm³/mol. The molecule has 4 heteroatoms. The maximum atomic E-state index is 12.1. The van der Waals surface area contributed by atoms with E-state index in [1.54, 1.807) is 31.3 Å². The highest BCUT2D eigenvalue weighted by Crippen LogP contribution is 2.11. The number of nitrogens with one attached hydrogen (secondary N) is 1. The van der Waals surface area contributed by atoms with Crippen LogP contribution in [0, 0.1) is 0 Å². The molecule has 0 bridgehead atoms. The molecule has 1 fully saturated rings. The Morgan fingerprint density at radius 2 is 1.67 bits per heavy atom. The van der Waals surface area contributed by atoms with Gasteiger partial charge in [0.2, 0.25) is 5.91 Å². The molecule has 0 saturated carbocycles. The Morgan fingerprint density at radius 1 is 1.05 bits per heavy atom. The van der Waals surface area contributed by atoms with Gasteiger partial charge in [-0.05, 0) is 36.6 Å². The van der Waals surface area contributed by atoms with Gasteiger partial charge in [-0.3, -0.25) is 9.59 Å².